The lowest BCUT2D eigenvalue weighted by Gasteiger charge is -2.10. The number of nitrogens with one attached hydrogen (secondary N) is 1. The maximum atomic E-state index is 12.7. The lowest BCUT2D eigenvalue weighted by Crippen LogP contribution is -2.13. The Morgan fingerprint density at radius 2 is 2.03 bits per heavy atom. The van der Waals surface area contributed by atoms with Crippen molar-refractivity contribution >= 4 is 33.3 Å². The quantitative estimate of drug-likeness (QED) is 0.446. The molecule has 5 aromatic rings. The number of furan rings is 1. The third kappa shape index (κ3) is 3.19. The molecule has 1 aromatic carbocycles. The highest BCUT2D eigenvalue weighted by Gasteiger charge is 2.17. The van der Waals surface area contributed by atoms with Crippen molar-refractivity contribution < 1.29 is 13.7 Å². The third-order valence-corrected chi connectivity index (χ3v) is 5.50. The molecule has 142 valence electrons. The Morgan fingerprint density at radius 1 is 1.10 bits per heavy atom. The molecule has 5 rings (SSSR count). The van der Waals surface area contributed by atoms with Gasteiger partial charge in [0, 0.05) is 23.5 Å². The van der Waals surface area contributed by atoms with Crippen LogP contribution >= 0.6 is 11.3 Å². The first-order valence-corrected chi connectivity index (χ1v) is 9.64. The van der Waals surface area contributed by atoms with Crippen LogP contribution in [0.15, 0.2) is 69.9 Å². The molecule has 0 saturated carbocycles. The second kappa shape index (κ2) is 6.99. The van der Waals surface area contributed by atoms with Crippen LogP contribution in [0.2, 0.25) is 0 Å². The first kappa shape index (κ1) is 17.3. The SMILES string of the molecule is Cc1c(NC(=O)c2cc(-c3ccco3)on2)cccc1-c1nc2cccnc2s1. The molecule has 0 bridgehead atoms. The van der Waals surface area contributed by atoms with Gasteiger partial charge in [0.25, 0.3) is 5.91 Å². The van der Waals surface area contributed by atoms with E-state index in [1.165, 1.54) is 17.6 Å². The van der Waals surface area contributed by atoms with Gasteiger partial charge in [0.05, 0.1) is 6.26 Å². The van der Waals surface area contributed by atoms with E-state index >= 15 is 0 Å². The predicted octanol–water partition coefficient (Wildman–Crippen LogP) is 5.17. The number of benzene rings is 1. The van der Waals surface area contributed by atoms with Crippen molar-refractivity contribution in [2.45, 2.75) is 6.92 Å². The van der Waals surface area contributed by atoms with Gasteiger partial charge < -0.3 is 14.3 Å². The molecule has 0 fully saturated rings. The summed E-state index contributed by atoms with van der Waals surface area (Å²) < 4.78 is 10.5. The minimum absolute atomic E-state index is 0.172. The molecule has 7 nitrogen and oxygen atoms in total. The van der Waals surface area contributed by atoms with Gasteiger partial charge in [-0.15, -0.1) is 0 Å². The molecule has 0 saturated heterocycles. The van der Waals surface area contributed by atoms with Crippen LogP contribution in [0.5, 0.6) is 0 Å². The van der Waals surface area contributed by atoms with Crippen molar-refractivity contribution in [3.8, 4) is 22.1 Å². The van der Waals surface area contributed by atoms with E-state index in [-0.39, 0.29) is 11.6 Å². The first-order valence-electron chi connectivity index (χ1n) is 8.82. The van der Waals surface area contributed by atoms with Gasteiger partial charge in [-0.05, 0) is 42.8 Å². The van der Waals surface area contributed by atoms with E-state index in [0.29, 0.717) is 17.2 Å². The molecule has 1 amide bonds. The van der Waals surface area contributed by atoms with Crippen molar-refractivity contribution in [1.82, 2.24) is 15.1 Å². The summed E-state index contributed by atoms with van der Waals surface area (Å²) in [7, 11) is 0. The maximum absolute atomic E-state index is 12.7. The number of fused-ring (bicyclic) bond motifs is 1. The molecular weight excluding hydrogens is 388 g/mol. The molecule has 0 aliphatic carbocycles. The van der Waals surface area contributed by atoms with Gasteiger partial charge in [0.15, 0.2) is 11.5 Å². The summed E-state index contributed by atoms with van der Waals surface area (Å²) in [6, 6.07) is 14.5. The summed E-state index contributed by atoms with van der Waals surface area (Å²) >= 11 is 1.52. The highest BCUT2D eigenvalue weighted by Crippen LogP contribution is 2.33. The number of hydrogen-bond acceptors (Lipinski definition) is 7. The molecule has 0 atom stereocenters. The largest absolute Gasteiger partial charge is 0.461 e. The number of thiazole rings is 1. The highest BCUT2D eigenvalue weighted by atomic mass is 32.1. The molecule has 0 spiro atoms. The Bertz CT molecular complexity index is 1290. The van der Waals surface area contributed by atoms with Crippen LogP contribution in [0.1, 0.15) is 16.1 Å². The minimum Gasteiger partial charge on any atom is -0.461 e. The van der Waals surface area contributed by atoms with Gasteiger partial charge in [0.2, 0.25) is 5.76 Å². The molecule has 1 N–H and O–H groups in total. The van der Waals surface area contributed by atoms with Crippen molar-refractivity contribution in [2.75, 3.05) is 5.32 Å². The van der Waals surface area contributed by atoms with Gasteiger partial charge in [-0.25, -0.2) is 9.97 Å². The molecule has 0 aliphatic rings. The second-order valence-electron chi connectivity index (χ2n) is 6.33. The number of hydrogen-bond donors (Lipinski definition) is 1. The fourth-order valence-electron chi connectivity index (χ4n) is 2.99. The van der Waals surface area contributed by atoms with E-state index in [9.17, 15) is 4.79 Å². The van der Waals surface area contributed by atoms with E-state index in [4.69, 9.17) is 8.94 Å². The highest BCUT2D eigenvalue weighted by molar-refractivity contribution is 7.21. The minimum atomic E-state index is -0.363. The van der Waals surface area contributed by atoms with E-state index in [1.54, 1.807) is 24.4 Å². The Hall–Kier alpha value is -3.78. The summed E-state index contributed by atoms with van der Waals surface area (Å²) in [5, 5.41) is 7.60. The van der Waals surface area contributed by atoms with Crippen LogP contribution in [0.3, 0.4) is 0 Å². The van der Waals surface area contributed by atoms with Crippen LogP contribution < -0.4 is 5.32 Å². The summed E-state index contributed by atoms with van der Waals surface area (Å²) in [4.78, 5) is 22.5. The Balaban J connectivity index is 1.43. The lowest BCUT2D eigenvalue weighted by atomic mass is 10.1. The van der Waals surface area contributed by atoms with Crippen molar-refractivity contribution in [3.63, 3.8) is 0 Å². The zero-order valence-corrected chi connectivity index (χ0v) is 16.1. The van der Waals surface area contributed by atoms with E-state index in [2.05, 4.69) is 20.4 Å². The van der Waals surface area contributed by atoms with Crippen LogP contribution in [0.4, 0.5) is 5.69 Å². The number of rotatable bonds is 4. The molecule has 0 aliphatic heterocycles. The number of carbonyl (C=O) groups excluding carboxylic acids is 1. The zero-order valence-electron chi connectivity index (χ0n) is 15.2. The first-order chi connectivity index (χ1) is 14.2. The van der Waals surface area contributed by atoms with Gasteiger partial charge in [0.1, 0.15) is 15.4 Å². The van der Waals surface area contributed by atoms with Crippen molar-refractivity contribution in [3.05, 3.63) is 72.2 Å². The van der Waals surface area contributed by atoms with Crippen molar-refractivity contribution in [1.29, 1.82) is 0 Å². The molecule has 0 unspecified atom stereocenters. The van der Waals surface area contributed by atoms with Crippen LogP contribution in [-0.4, -0.2) is 21.0 Å². The molecule has 4 aromatic heterocycles. The fraction of sp³-hybridized carbons (Fsp3) is 0.0476. The van der Waals surface area contributed by atoms with Crippen LogP contribution in [0.25, 0.3) is 32.4 Å². The van der Waals surface area contributed by atoms with Gasteiger partial charge in [-0.2, -0.15) is 0 Å². The number of pyridine rings is 1. The lowest BCUT2D eigenvalue weighted by molar-refractivity contribution is 0.101. The Morgan fingerprint density at radius 3 is 2.86 bits per heavy atom. The molecular formula is C21H14N4O3S. The number of nitrogens with zero attached hydrogens (tertiary/aromatic N) is 3. The number of amides is 1. The average Bonchev–Trinajstić information content (AvgIpc) is 3.48. The van der Waals surface area contributed by atoms with Gasteiger partial charge in [-0.1, -0.05) is 28.6 Å². The zero-order chi connectivity index (χ0) is 19.8. The maximum Gasteiger partial charge on any atom is 0.277 e. The van der Waals surface area contributed by atoms with Gasteiger partial charge >= 0.3 is 0 Å². The average molecular weight is 402 g/mol. The van der Waals surface area contributed by atoms with E-state index in [1.807, 2.05) is 37.3 Å². The molecule has 8 heteroatoms. The second-order valence-corrected chi connectivity index (χ2v) is 7.31. The van der Waals surface area contributed by atoms with E-state index in [0.717, 1.165) is 26.5 Å². The molecule has 4 heterocycles. The standard InChI is InChI=1S/C21H14N4O3S/c1-12-13(20-24-15-7-3-9-22-21(15)29-20)5-2-6-14(12)23-19(26)16-11-18(28-25-16)17-8-4-10-27-17/h2-11H,1H3,(H,23,26). The van der Waals surface area contributed by atoms with Gasteiger partial charge in [-0.3, -0.25) is 4.79 Å². The topological polar surface area (TPSA) is 94.1 Å². The van der Waals surface area contributed by atoms with Crippen LogP contribution in [-0.2, 0) is 0 Å². The molecule has 0 radical (unpaired) electrons. The number of carbonyl (C=O) groups is 1. The normalized spacial score (nSPS) is 11.1. The smallest absolute Gasteiger partial charge is 0.277 e. The fourth-order valence-corrected chi connectivity index (χ4v) is 3.98. The Labute approximate surface area is 169 Å². The summed E-state index contributed by atoms with van der Waals surface area (Å²) in [6.07, 6.45) is 3.28. The summed E-state index contributed by atoms with van der Waals surface area (Å²) in [6.45, 7) is 1.95. The third-order valence-electron chi connectivity index (χ3n) is 4.49. The van der Waals surface area contributed by atoms with Crippen molar-refractivity contribution in [2.24, 2.45) is 0 Å². The monoisotopic (exact) mass is 402 g/mol. The summed E-state index contributed by atoms with van der Waals surface area (Å²) in [5.41, 5.74) is 3.57. The Kier molecular flexibility index (Phi) is 4.18. The van der Waals surface area contributed by atoms with E-state index < -0.39 is 0 Å². The number of anilines is 1. The number of aromatic nitrogens is 3. The summed E-state index contributed by atoms with van der Waals surface area (Å²) in [5.74, 6) is 0.546. The van der Waals surface area contributed by atoms with Crippen LogP contribution in [0, 0.1) is 6.92 Å². The molecule has 29 heavy (non-hydrogen) atoms. The predicted molar refractivity (Wildman–Crippen MR) is 110 cm³/mol.